The molecule has 3 nitrogen and oxygen atoms in total. The van der Waals surface area contributed by atoms with E-state index in [4.69, 9.17) is 0 Å². The van der Waals surface area contributed by atoms with Crippen LogP contribution in [0.25, 0.3) is 22.3 Å². The van der Waals surface area contributed by atoms with Gasteiger partial charge >= 0.3 is 0 Å². The maximum absolute atomic E-state index is 11.7. The van der Waals surface area contributed by atoms with E-state index in [-0.39, 0.29) is 5.78 Å². The SMILES string of the molecule is CC(=O)c1ccc(-c2cc(N3CCCCC3)c(C#N)c3c2-c2ccccc2C3)cc1. The topological polar surface area (TPSA) is 44.1 Å². The number of benzene rings is 3. The number of Topliss-reactive ketones (excluding diaryl/α,β-unsaturated/α-hetero) is 1. The van der Waals surface area contributed by atoms with E-state index in [9.17, 15) is 10.1 Å². The van der Waals surface area contributed by atoms with Gasteiger partial charge in [-0.15, -0.1) is 0 Å². The molecule has 3 aromatic rings. The minimum atomic E-state index is 0.0750. The Morgan fingerprint density at radius 3 is 2.40 bits per heavy atom. The monoisotopic (exact) mass is 392 g/mol. The Balaban J connectivity index is 1.75. The zero-order valence-corrected chi connectivity index (χ0v) is 17.2. The van der Waals surface area contributed by atoms with Gasteiger partial charge in [-0.2, -0.15) is 5.26 Å². The quantitative estimate of drug-likeness (QED) is 0.402. The summed E-state index contributed by atoms with van der Waals surface area (Å²) in [5.41, 5.74) is 9.69. The summed E-state index contributed by atoms with van der Waals surface area (Å²) in [5, 5.41) is 10.1. The molecule has 3 aromatic carbocycles. The van der Waals surface area contributed by atoms with Gasteiger partial charge in [0.1, 0.15) is 6.07 Å². The molecule has 0 amide bonds. The van der Waals surface area contributed by atoms with Gasteiger partial charge in [-0.3, -0.25) is 4.79 Å². The number of fused-ring (bicyclic) bond motifs is 3. The first kappa shape index (κ1) is 18.6. The maximum Gasteiger partial charge on any atom is 0.159 e. The lowest BCUT2D eigenvalue weighted by Crippen LogP contribution is -2.30. The van der Waals surface area contributed by atoms with Gasteiger partial charge in [0.2, 0.25) is 0 Å². The first-order chi connectivity index (χ1) is 14.7. The molecule has 30 heavy (non-hydrogen) atoms. The average molecular weight is 393 g/mol. The minimum absolute atomic E-state index is 0.0750. The van der Waals surface area contributed by atoms with Gasteiger partial charge < -0.3 is 4.90 Å². The summed E-state index contributed by atoms with van der Waals surface area (Å²) in [6.07, 6.45) is 4.40. The van der Waals surface area contributed by atoms with Crippen molar-refractivity contribution < 1.29 is 4.79 Å². The summed E-state index contributed by atoms with van der Waals surface area (Å²) in [6, 6.07) is 21.1. The Labute approximate surface area is 177 Å². The van der Waals surface area contributed by atoms with Gasteiger partial charge in [-0.05, 0) is 65.6 Å². The Morgan fingerprint density at radius 1 is 0.967 bits per heavy atom. The fourth-order valence-corrected chi connectivity index (χ4v) is 4.94. The number of piperidine rings is 1. The van der Waals surface area contributed by atoms with Crippen molar-refractivity contribution in [2.45, 2.75) is 32.6 Å². The highest BCUT2D eigenvalue weighted by molar-refractivity contribution is 5.97. The molecule has 0 bridgehead atoms. The summed E-state index contributed by atoms with van der Waals surface area (Å²) in [5.74, 6) is 0.0750. The van der Waals surface area contributed by atoms with Crippen LogP contribution in [0, 0.1) is 11.3 Å². The molecular formula is C27H24N2O. The molecule has 0 saturated carbocycles. The largest absolute Gasteiger partial charge is 0.370 e. The van der Waals surface area contributed by atoms with E-state index in [1.807, 2.05) is 24.3 Å². The molecule has 1 heterocycles. The van der Waals surface area contributed by atoms with Crippen LogP contribution >= 0.6 is 0 Å². The molecule has 148 valence electrons. The van der Waals surface area contributed by atoms with Gasteiger partial charge in [0.05, 0.1) is 11.3 Å². The highest BCUT2D eigenvalue weighted by atomic mass is 16.1. The predicted molar refractivity (Wildman–Crippen MR) is 121 cm³/mol. The number of carbonyl (C=O) groups is 1. The van der Waals surface area contributed by atoms with Crippen LogP contribution < -0.4 is 4.90 Å². The number of nitriles is 1. The molecule has 1 fully saturated rings. The number of hydrogen-bond acceptors (Lipinski definition) is 3. The minimum Gasteiger partial charge on any atom is -0.370 e. The van der Waals surface area contributed by atoms with Crippen LogP contribution in [0.4, 0.5) is 5.69 Å². The number of ketones is 1. The van der Waals surface area contributed by atoms with E-state index >= 15 is 0 Å². The van der Waals surface area contributed by atoms with Crippen LogP contribution in [-0.2, 0) is 6.42 Å². The van der Waals surface area contributed by atoms with Crippen molar-refractivity contribution in [3.8, 4) is 28.3 Å². The molecule has 0 unspecified atom stereocenters. The molecule has 0 radical (unpaired) electrons. The summed E-state index contributed by atoms with van der Waals surface area (Å²) in [4.78, 5) is 14.1. The summed E-state index contributed by atoms with van der Waals surface area (Å²) in [7, 11) is 0. The lowest BCUT2D eigenvalue weighted by molar-refractivity contribution is 0.101. The number of rotatable bonds is 3. The third kappa shape index (κ3) is 3.00. The van der Waals surface area contributed by atoms with Crippen molar-refractivity contribution in [2.75, 3.05) is 18.0 Å². The standard InChI is InChI=1S/C27H24N2O/c1-18(30)19-9-11-20(12-10-19)23-16-26(29-13-5-2-6-14-29)25(17-28)24-15-21-7-3-4-8-22(21)27(23)24/h3-4,7-12,16H,2,5-6,13-15H2,1H3. The second-order valence-electron chi connectivity index (χ2n) is 8.30. The molecule has 0 atom stereocenters. The van der Waals surface area contributed by atoms with Crippen LogP contribution in [0.5, 0.6) is 0 Å². The molecule has 3 heteroatoms. The highest BCUT2D eigenvalue weighted by Crippen LogP contribution is 2.47. The molecule has 5 rings (SSSR count). The van der Waals surface area contributed by atoms with Crippen molar-refractivity contribution in [2.24, 2.45) is 0 Å². The highest BCUT2D eigenvalue weighted by Gasteiger charge is 2.29. The van der Waals surface area contributed by atoms with E-state index < -0.39 is 0 Å². The van der Waals surface area contributed by atoms with E-state index in [0.717, 1.165) is 53.0 Å². The van der Waals surface area contributed by atoms with Crippen LogP contribution in [0.2, 0.25) is 0 Å². The molecule has 1 aliphatic carbocycles. The second kappa shape index (κ2) is 7.46. The molecule has 0 spiro atoms. The number of carbonyl (C=O) groups excluding carboxylic acids is 1. The Hall–Kier alpha value is -3.38. The third-order valence-corrected chi connectivity index (χ3v) is 6.48. The van der Waals surface area contributed by atoms with Gasteiger partial charge in [0, 0.05) is 25.1 Å². The van der Waals surface area contributed by atoms with Gasteiger partial charge in [-0.1, -0.05) is 48.5 Å². The van der Waals surface area contributed by atoms with Gasteiger partial charge in [-0.25, -0.2) is 0 Å². The lowest BCUT2D eigenvalue weighted by Gasteiger charge is -2.31. The summed E-state index contributed by atoms with van der Waals surface area (Å²) < 4.78 is 0. The Morgan fingerprint density at radius 2 is 1.70 bits per heavy atom. The average Bonchev–Trinajstić information content (AvgIpc) is 3.18. The Kier molecular flexibility index (Phi) is 4.64. The van der Waals surface area contributed by atoms with Crippen molar-refractivity contribution in [3.63, 3.8) is 0 Å². The lowest BCUT2D eigenvalue weighted by atomic mass is 9.89. The molecule has 2 aliphatic rings. The van der Waals surface area contributed by atoms with Crippen LogP contribution in [0.3, 0.4) is 0 Å². The van der Waals surface area contributed by atoms with E-state index in [1.165, 1.54) is 36.0 Å². The molecule has 0 N–H and O–H groups in total. The molecule has 0 aromatic heterocycles. The summed E-state index contributed by atoms with van der Waals surface area (Å²) >= 11 is 0. The maximum atomic E-state index is 11.7. The second-order valence-corrected chi connectivity index (χ2v) is 8.30. The van der Waals surface area contributed by atoms with Crippen molar-refractivity contribution >= 4 is 11.5 Å². The van der Waals surface area contributed by atoms with Crippen LogP contribution in [-0.4, -0.2) is 18.9 Å². The van der Waals surface area contributed by atoms with Crippen LogP contribution in [0.1, 0.15) is 53.2 Å². The fraction of sp³-hybridized carbons (Fsp3) is 0.259. The molecular weight excluding hydrogens is 368 g/mol. The smallest absolute Gasteiger partial charge is 0.159 e. The summed E-state index contributed by atoms with van der Waals surface area (Å²) in [6.45, 7) is 3.60. The van der Waals surface area contributed by atoms with E-state index in [1.54, 1.807) is 6.92 Å². The number of anilines is 1. The zero-order chi connectivity index (χ0) is 20.7. The first-order valence-electron chi connectivity index (χ1n) is 10.7. The third-order valence-electron chi connectivity index (χ3n) is 6.48. The first-order valence-corrected chi connectivity index (χ1v) is 10.7. The fourth-order valence-electron chi connectivity index (χ4n) is 4.94. The molecule has 1 aliphatic heterocycles. The predicted octanol–water partition coefficient (Wildman–Crippen LogP) is 5.99. The van der Waals surface area contributed by atoms with E-state index in [2.05, 4.69) is 41.3 Å². The Bertz CT molecular complexity index is 1180. The van der Waals surface area contributed by atoms with Crippen molar-refractivity contribution in [1.82, 2.24) is 0 Å². The number of hydrogen-bond donors (Lipinski definition) is 0. The zero-order valence-electron chi connectivity index (χ0n) is 17.2. The van der Waals surface area contributed by atoms with Crippen molar-refractivity contribution in [3.05, 3.63) is 76.9 Å². The van der Waals surface area contributed by atoms with Gasteiger partial charge in [0.25, 0.3) is 0 Å². The van der Waals surface area contributed by atoms with Crippen molar-refractivity contribution in [1.29, 1.82) is 5.26 Å². The molecule has 1 saturated heterocycles. The van der Waals surface area contributed by atoms with Crippen LogP contribution in [0.15, 0.2) is 54.6 Å². The number of nitrogens with zero attached hydrogens (tertiary/aromatic N) is 2. The normalized spacial score (nSPS) is 14.7. The van der Waals surface area contributed by atoms with E-state index in [0.29, 0.717) is 0 Å². The van der Waals surface area contributed by atoms with Gasteiger partial charge in [0.15, 0.2) is 5.78 Å².